The second-order valence-electron chi connectivity index (χ2n) is 38.1. The van der Waals surface area contributed by atoms with Crippen molar-refractivity contribution < 1.29 is 0 Å². The van der Waals surface area contributed by atoms with E-state index in [2.05, 4.69) is 384 Å². The molecule has 0 N–H and O–H groups in total. The first kappa shape index (κ1) is 84.4. The van der Waals surface area contributed by atoms with E-state index in [4.69, 9.17) is 24.9 Å². The highest BCUT2D eigenvalue weighted by atomic mass is 32.1. The second-order valence-corrected chi connectivity index (χ2v) is 40.9. The van der Waals surface area contributed by atoms with Crippen molar-refractivity contribution in [1.29, 1.82) is 15.8 Å². The SMILES string of the molecule is CCc1nc2ccccc2n1-c1cc2c(c3ccsc13)-c1ccccc1C21c2ccccc2-c2ccc(C#N)cc21.N#Cc1ccc(-c2cc3c(c4ccsc24)-c2ccccc2C32c3ccccc3-c3ccc(-c4nc(-c5ccccc5)nc(-c5ccccc5)n4)cc32)cc1.N#Cc1ccc(-c2cc3c(c4ccsc24)-c2ccccc2C32c3ccccc3-c3ccc(-c4nc5ccccc5n4-c4ccccc4)cc32)cc1. The van der Waals surface area contributed by atoms with Gasteiger partial charge in [-0.3, -0.25) is 9.13 Å². The van der Waals surface area contributed by atoms with Crippen LogP contribution in [0, 0.1) is 34.0 Å². The summed E-state index contributed by atoms with van der Waals surface area (Å²) in [5.41, 5.74) is 45.7. The molecule has 3 atom stereocenters. The van der Waals surface area contributed by atoms with Crippen LogP contribution in [-0.2, 0) is 22.7 Å². The van der Waals surface area contributed by atoms with Gasteiger partial charge in [-0.05, 0) is 293 Å². The zero-order chi connectivity index (χ0) is 96.8. The molecule has 13 heteroatoms. The lowest BCUT2D eigenvalue weighted by molar-refractivity contribution is 0.791. The van der Waals surface area contributed by atoms with Gasteiger partial charge in [-0.2, -0.15) is 15.8 Å². The normalized spacial score (nSPS) is 15.2. The van der Waals surface area contributed by atoms with Crippen LogP contribution in [0.15, 0.2) is 441 Å². The Morgan fingerprint density at radius 3 is 1.04 bits per heavy atom. The number of aromatic nitrogens is 7. The van der Waals surface area contributed by atoms with E-state index in [0.717, 1.165) is 79.2 Å². The predicted octanol–water partition coefficient (Wildman–Crippen LogP) is 32.8. The van der Waals surface area contributed by atoms with E-state index in [0.29, 0.717) is 34.2 Å². The van der Waals surface area contributed by atoms with Gasteiger partial charge >= 0.3 is 0 Å². The Labute approximate surface area is 853 Å². The molecule has 6 aromatic heterocycles. The first-order chi connectivity index (χ1) is 72.2. The van der Waals surface area contributed by atoms with E-state index >= 15 is 0 Å². The Balaban J connectivity index is 0.000000105. The fraction of sp³-hybridized carbons (Fsp3) is 0.0376. The predicted molar refractivity (Wildman–Crippen MR) is 593 cm³/mol. The molecule has 25 aromatic rings. The van der Waals surface area contributed by atoms with Gasteiger partial charge in [0.15, 0.2) is 17.5 Å². The number of imidazole rings is 2. The van der Waals surface area contributed by atoms with Crippen LogP contribution >= 0.6 is 34.0 Å². The Bertz CT molecular complexity index is 9940. The molecule has 0 saturated heterocycles. The molecule has 6 aliphatic rings. The van der Waals surface area contributed by atoms with Crippen LogP contribution in [-0.4, -0.2) is 34.1 Å². The summed E-state index contributed by atoms with van der Waals surface area (Å²) in [6, 6.07) is 158. The molecule has 0 fully saturated rings. The number of nitriles is 3. The first-order valence-electron chi connectivity index (χ1n) is 49.2. The number of benzene rings is 19. The monoisotopic (exact) mass is 1910 g/mol. The topological polar surface area (TPSA) is 146 Å². The van der Waals surface area contributed by atoms with Crippen LogP contribution < -0.4 is 0 Å². The highest BCUT2D eigenvalue weighted by Gasteiger charge is 2.57. The van der Waals surface area contributed by atoms with Crippen LogP contribution in [0.4, 0.5) is 0 Å². The van der Waals surface area contributed by atoms with Crippen molar-refractivity contribution in [2.24, 2.45) is 0 Å². The molecule has 0 bridgehead atoms. The molecule has 31 rings (SSSR count). The number of fused-ring (bicyclic) bond motifs is 38. The summed E-state index contributed by atoms with van der Waals surface area (Å²) in [6.45, 7) is 2.18. The number of aryl methyl sites for hydroxylation is 1. The van der Waals surface area contributed by atoms with Gasteiger partial charge in [0.1, 0.15) is 11.6 Å². The van der Waals surface area contributed by atoms with Gasteiger partial charge in [0, 0.05) is 59.9 Å². The van der Waals surface area contributed by atoms with E-state index in [-0.39, 0.29) is 0 Å². The van der Waals surface area contributed by atoms with Crippen LogP contribution in [0.5, 0.6) is 0 Å². The standard InChI is InChI=1S/C49H28N4S.C47H27N3S.C37H23N3S/c50-29-30-19-21-31(22-20-30)39-28-43-44(38-25-26-54-45(38)39)37-16-8-10-18-41(37)49(43)40-17-9-7-15-35(40)36-24-23-34(27-42(36)49)48-52-46(32-11-3-1-4-12-32)51-47(53-48)33-13-5-2-6-14-33;48-28-29-18-20-30(21-19-29)37-27-41-44(36-24-25-51-45(36)37)35-13-5-7-15-39(35)47(41)38-14-6-4-12-33(38)34-23-22-31(26-40(34)47)46-49-42-16-8-9-17-43(42)50(46)32-10-2-1-3-11-32;1-2-34-39-31-13-7-8-14-32(31)40(34)33-20-30-35(26-17-18-41-36(26)33)25-10-4-6-12-28(25)37(30)27-11-5-3-9-23(27)24-16-15-22(21-38)19-29(24)37/h1-28H;1-27H;3-20H,2H2,1H3. The van der Waals surface area contributed by atoms with Gasteiger partial charge in [-0.25, -0.2) is 24.9 Å². The highest BCUT2D eigenvalue weighted by molar-refractivity contribution is 7.18. The second kappa shape index (κ2) is 32.8. The summed E-state index contributed by atoms with van der Waals surface area (Å²) in [4.78, 5) is 25.6. The average molecular weight is 1910 g/mol. The van der Waals surface area contributed by atoms with Crippen molar-refractivity contribution in [2.75, 3.05) is 0 Å². The van der Waals surface area contributed by atoms with Gasteiger partial charge in [0.25, 0.3) is 0 Å². The summed E-state index contributed by atoms with van der Waals surface area (Å²) < 4.78 is 8.45. The van der Waals surface area contributed by atoms with E-state index in [1.165, 1.54) is 181 Å². The molecular weight excluding hydrogens is 1830 g/mol. The third kappa shape index (κ3) is 12.0. The molecule has 146 heavy (non-hydrogen) atoms. The maximum atomic E-state index is 9.99. The molecule has 10 nitrogen and oxygen atoms in total. The van der Waals surface area contributed by atoms with Crippen molar-refractivity contribution in [3.05, 3.63) is 530 Å². The largest absolute Gasteiger partial charge is 0.295 e. The summed E-state index contributed by atoms with van der Waals surface area (Å²) in [5.74, 6) is 3.90. The van der Waals surface area contributed by atoms with E-state index in [1.54, 1.807) is 34.0 Å². The van der Waals surface area contributed by atoms with Crippen LogP contribution in [0.3, 0.4) is 0 Å². The number of rotatable bonds is 9. The third-order valence-electron chi connectivity index (χ3n) is 31.1. The number of hydrogen-bond acceptors (Lipinski definition) is 11. The molecular formula is C133H78N10S3. The minimum Gasteiger partial charge on any atom is -0.295 e. The number of para-hydroxylation sites is 5. The van der Waals surface area contributed by atoms with Gasteiger partial charge in [0.2, 0.25) is 0 Å². The Morgan fingerprint density at radius 1 is 0.247 bits per heavy atom. The smallest absolute Gasteiger partial charge is 0.164 e. The van der Waals surface area contributed by atoms with E-state index in [1.807, 2.05) is 91.0 Å². The van der Waals surface area contributed by atoms with Crippen molar-refractivity contribution >= 4 is 86.3 Å². The van der Waals surface area contributed by atoms with Crippen molar-refractivity contribution in [3.63, 3.8) is 0 Å². The summed E-state index contributed by atoms with van der Waals surface area (Å²) in [6.07, 6.45) is 0.835. The molecule has 0 amide bonds. The van der Waals surface area contributed by atoms with Gasteiger partial charge < -0.3 is 0 Å². The van der Waals surface area contributed by atoms with E-state index in [9.17, 15) is 15.8 Å². The van der Waals surface area contributed by atoms with Gasteiger partial charge in [-0.15, -0.1) is 34.0 Å². The lowest BCUT2D eigenvalue weighted by atomic mass is 9.70. The van der Waals surface area contributed by atoms with E-state index < -0.39 is 16.2 Å². The molecule has 6 aliphatic carbocycles. The number of hydrogen-bond donors (Lipinski definition) is 0. The highest BCUT2D eigenvalue weighted by Crippen LogP contribution is 2.70. The molecule has 3 unspecified atom stereocenters. The molecule has 3 spiro atoms. The average Bonchev–Trinajstić information content (AvgIpc) is 1.51. The minimum absolute atomic E-state index is 0.516. The first-order valence-corrected chi connectivity index (χ1v) is 51.8. The maximum Gasteiger partial charge on any atom is 0.164 e. The molecule has 0 radical (unpaired) electrons. The molecule has 678 valence electrons. The van der Waals surface area contributed by atoms with Gasteiger partial charge in [-0.1, -0.05) is 310 Å². The molecule has 19 aromatic carbocycles. The summed E-state index contributed by atoms with van der Waals surface area (Å²) >= 11 is 5.36. The van der Waals surface area contributed by atoms with Crippen molar-refractivity contribution in [2.45, 2.75) is 29.6 Å². The maximum absolute atomic E-state index is 9.99. The summed E-state index contributed by atoms with van der Waals surface area (Å²) in [7, 11) is 0. The van der Waals surface area contributed by atoms with Crippen molar-refractivity contribution in [3.8, 4) is 164 Å². The molecule has 0 saturated carbocycles. The Hall–Kier alpha value is -18.5. The quantitative estimate of drug-likeness (QED) is 0.139. The zero-order valence-corrected chi connectivity index (χ0v) is 81.0. The lowest BCUT2D eigenvalue weighted by Crippen LogP contribution is -2.26. The molecule has 0 aliphatic heterocycles. The van der Waals surface area contributed by atoms with Crippen LogP contribution in [0.2, 0.25) is 0 Å². The van der Waals surface area contributed by atoms with Crippen LogP contribution in [0.25, 0.3) is 198 Å². The lowest BCUT2D eigenvalue weighted by Gasteiger charge is -2.31. The third-order valence-corrected chi connectivity index (χ3v) is 33.9. The van der Waals surface area contributed by atoms with Crippen LogP contribution in [0.1, 0.15) is 96.2 Å². The Morgan fingerprint density at radius 2 is 0.582 bits per heavy atom. The molecule has 6 heterocycles. The van der Waals surface area contributed by atoms with Gasteiger partial charge in [0.05, 0.1) is 83.6 Å². The van der Waals surface area contributed by atoms with Crippen molar-refractivity contribution in [1.82, 2.24) is 34.1 Å². The minimum atomic E-state index is -0.580. The Kier molecular flexibility index (Phi) is 18.9. The number of nitrogens with zero attached hydrogens (tertiary/aromatic N) is 10. The fourth-order valence-electron chi connectivity index (χ4n) is 25.2. The zero-order valence-electron chi connectivity index (χ0n) is 78.6. The fourth-order valence-corrected chi connectivity index (χ4v) is 28.0. The summed E-state index contributed by atoms with van der Waals surface area (Å²) in [5, 5.41) is 39.6. The number of thiophene rings is 3.